The second kappa shape index (κ2) is 7.57. The van der Waals surface area contributed by atoms with Gasteiger partial charge in [0.05, 0.1) is 28.4 Å². The van der Waals surface area contributed by atoms with E-state index in [-0.39, 0.29) is 5.54 Å². The summed E-state index contributed by atoms with van der Waals surface area (Å²) in [5.74, 6) is 0.630. The number of hydrogen-bond acceptors (Lipinski definition) is 3. The van der Waals surface area contributed by atoms with Gasteiger partial charge in [0.25, 0.3) is 0 Å². The third-order valence-corrected chi connectivity index (χ3v) is 5.52. The van der Waals surface area contributed by atoms with Crippen LogP contribution in [0.5, 0.6) is 5.75 Å². The predicted octanol–water partition coefficient (Wildman–Crippen LogP) is 6.77. The van der Waals surface area contributed by atoms with Crippen LogP contribution >= 0.6 is 23.2 Å². The molecule has 0 aliphatic carbocycles. The number of likely N-dealkylation sites (N-methyl/N-ethyl adjacent to an activating group) is 1. The second-order valence-corrected chi connectivity index (χ2v) is 8.01. The molecule has 2 aromatic carbocycles. The number of aliphatic imine (C=N–C) groups is 1. The molecule has 0 aromatic heterocycles. The molecule has 0 spiro atoms. The molecule has 0 amide bonds. The second-order valence-electron chi connectivity index (χ2n) is 7.19. The van der Waals surface area contributed by atoms with Crippen LogP contribution in [0, 0.1) is 0 Å². The SMILES string of the molecule is CCN1c2cc(Cl)c(C=Nc3ccc(OC)c(Cl)c3)cc2C(C)=CC1(C)C. The Labute approximate surface area is 171 Å². The number of ether oxygens (including phenoxy) is 1. The van der Waals surface area contributed by atoms with Crippen molar-refractivity contribution in [2.45, 2.75) is 33.2 Å². The van der Waals surface area contributed by atoms with Gasteiger partial charge in [-0.05, 0) is 63.6 Å². The molecule has 1 heterocycles. The number of halogens is 2. The van der Waals surface area contributed by atoms with Crippen molar-refractivity contribution >= 4 is 46.4 Å². The van der Waals surface area contributed by atoms with Crippen molar-refractivity contribution < 1.29 is 4.74 Å². The zero-order valence-corrected chi connectivity index (χ0v) is 17.8. The molecule has 1 aliphatic rings. The summed E-state index contributed by atoms with van der Waals surface area (Å²) in [5.41, 5.74) is 5.19. The minimum Gasteiger partial charge on any atom is -0.495 e. The summed E-state index contributed by atoms with van der Waals surface area (Å²) in [6, 6.07) is 9.59. The quantitative estimate of drug-likeness (QED) is 0.526. The van der Waals surface area contributed by atoms with E-state index in [1.807, 2.05) is 12.1 Å². The van der Waals surface area contributed by atoms with E-state index in [9.17, 15) is 0 Å². The summed E-state index contributed by atoms with van der Waals surface area (Å²) < 4.78 is 5.18. The highest BCUT2D eigenvalue weighted by molar-refractivity contribution is 6.33. The average Bonchev–Trinajstić information content (AvgIpc) is 2.60. The molecule has 0 atom stereocenters. The van der Waals surface area contributed by atoms with Crippen molar-refractivity contribution in [1.82, 2.24) is 0 Å². The van der Waals surface area contributed by atoms with Gasteiger partial charge in [-0.2, -0.15) is 0 Å². The maximum atomic E-state index is 6.59. The van der Waals surface area contributed by atoms with E-state index in [1.54, 1.807) is 25.5 Å². The Kier molecular flexibility index (Phi) is 5.55. The molecular formula is C22H24Cl2N2O. The molecule has 0 saturated heterocycles. The maximum absolute atomic E-state index is 6.59. The first-order valence-corrected chi connectivity index (χ1v) is 9.71. The fourth-order valence-electron chi connectivity index (χ4n) is 3.67. The van der Waals surface area contributed by atoms with Crippen molar-refractivity contribution in [2.24, 2.45) is 4.99 Å². The van der Waals surface area contributed by atoms with Crippen LogP contribution < -0.4 is 9.64 Å². The van der Waals surface area contributed by atoms with Crippen molar-refractivity contribution in [3.8, 4) is 5.75 Å². The van der Waals surface area contributed by atoms with E-state index in [1.165, 1.54) is 11.1 Å². The van der Waals surface area contributed by atoms with Crippen LogP contribution in [-0.4, -0.2) is 25.4 Å². The molecule has 3 rings (SSSR count). The van der Waals surface area contributed by atoms with Crippen LogP contribution in [0.2, 0.25) is 10.0 Å². The van der Waals surface area contributed by atoms with Crippen LogP contribution in [0.15, 0.2) is 41.4 Å². The lowest BCUT2D eigenvalue weighted by molar-refractivity contribution is 0.415. The number of fused-ring (bicyclic) bond motifs is 1. The Morgan fingerprint density at radius 1 is 1.15 bits per heavy atom. The summed E-state index contributed by atoms with van der Waals surface area (Å²) in [7, 11) is 1.59. The molecule has 27 heavy (non-hydrogen) atoms. The standard InChI is InChI=1S/C22H24Cl2N2O/c1-6-26-20-11-18(23)15(9-17(20)14(2)12-22(26,3)4)13-25-16-7-8-21(27-5)19(24)10-16/h7-13H,6H2,1-5H3. The van der Waals surface area contributed by atoms with E-state index in [4.69, 9.17) is 27.9 Å². The van der Waals surface area contributed by atoms with Gasteiger partial charge in [-0.15, -0.1) is 0 Å². The lowest BCUT2D eigenvalue weighted by Crippen LogP contribution is -2.44. The van der Waals surface area contributed by atoms with Gasteiger partial charge in [0.1, 0.15) is 5.75 Å². The fraction of sp³-hybridized carbons (Fsp3) is 0.318. The van der Waals surface area contributed by atoms with Gasteiger partial charge < -0.3 is 9.64 Å². The topological polar surface area (TPSA) is 24.8 Å². The molecule has 0 saturated carbocycles. The van der Waals surface area contributed by atoms with Crippen LogP contribution in [-0.2, 0) is 0 Å². The predicted molar refractivity (Wildman–Crippen MR) is 117 cm³/mol. The van der Waals surface area contributed by atoms with Gasteiger partial charge in [0.2, 0.25) is 0 Å². The molecule has 1 aliphatic heterocycles. The highest BCUT2D eigenvalue weighted by Gasteiger charge is 2.30. The van der Waals surface area contributed by atoms with E-state index >= 15 is 0 Å². The molecule has 3 nitrogen and oxygen atoms in total. The maximum Gasteiger partial charge on any atom is 0.137 e. The number of methoxy groups -OCH3 is 1. The molecule has 0 N–H and O–H groups in total. The molecule has 142 valence electrons. The molecule has 0 radical (unpaired) electrons. The summed E-state index contributed by atoms with van der Waals surface area (Å²) in [4.78, 5) is 6.90. The van der Waals surface area contributed by atoms with Gasteiger partial charge in [0, 0.05) is 29.6 Å². The summed E-state index contributed by atoms with van der Waals surface area (Å²) >= 11 is 12.8. The largest absolute Gasteiger partial charge is 0.495 e. The van der Waals surface area contributed by atoms with E-state index in [0.717, 1.165) is 23.5 Å². The minimum atomic E-state index is -0.0371. The Hall–Kier alpha value is -1.97. The molecule has 0 bridgehead atoms. The number of rotatable bonds is 4. The molecular weight excluding hydrogens is 379 g/mol. The van der Waals surface area contributed by atoms with Gasteiger partial charge >= 0.3 is 0 Å². The van der Waals surface area contributed by atoms with Crippen LogP contribution in [0.25, 0.3) is 5.57 Å². The van der Waals surface area contributed by atoms with Crippen molar-refractivity contribution in [3.05, 3.63) is 57.6 Å². The average molecular weight is 403 g/mol. The Bertz CT molecular complexity index is 932. The van der Waals surface area contributed by atoms with Gasteiger partial charge in [-0.3, -0.25) is 4.99 Å². The number of nitrogens with zero attached hydrogens (tertiary/aromatic N) is 2. The molecule has 2 aromatic rings. The third-order valence-electron chi connectivity index (χ3n) is 4.90. The lowest BCUT2D eigenvalue weighted by atomic mass is 9.88. The highest BCUT2D eigenvalue weighted by Crippen LogP contribution is 2.41. The zero-order valence-electron chi connectivity index (χ0n) is 16.3. The first-order chi connectivity index (χ1) is 12.8. The van der Waals surface area contributed by atoms with Crippen LogP contribution in [0.4, 0.5) is 11.4 Å². The monoisotopic (exact) mass is 402 g/mol. The van der Waals surface area contributed by atoms with Crippen LogP contribution in [0.3, 0.4) is 0 Å². The third kappa shape index (κ3) is 3.85. The van der Waals surface area contributed by atoms with Gasteiger partial charge in [-0.25, -0.2) is 0 Å². The Morgan fingerprint density at radius 2 is 1.89 bits per heavy atom. The first-order valence-electron chi connectivity index (χ1n) is 8.95. The Morgan fingerprint density at radius 3 is 2.52 bits per heavy atom. The highest BCUT2D eigenvalue weighted by atomic mass is 35.5. The van der Waals surface area contributed by atoms with E-state index in [0.29, 0.717) is 15.8 Å². The van der Waals surface area contributed by atoms with Gasteiger partial charge in [0.15, 0.2) is 0 Å². The molecule has 0 fully saturated rings. The zero-order chi connectivity index (χ0) is 19.8. The Balaban J connectivity index is 1.99. The summed E-state index contributed by atoms with van der Waals surface area (Å²) in [6.45, 7) is 9.67. The van der Waals surface area contributed by atoms with Gasteiger partial charge in [-0.1, -0.05) is 29.3 Å². The summed E-state index contributed by atoms with van der Waals surface area (Å²) in [5, 5.41) is 1.21. The van der Waals surface area contributed by atoms with Crippen LogP contribution in [0.1, 0.15) is 38.8 Å². The number of benzene rings is 2. The molecule has 5 heteroatoms. The van der Waals surface area contributed by atoms with Crippen molar-refractivity contribution in [3.63, 3.8) is 0 Å². The minimum absolute atomic E-state index is 0.0371. The molecule has 0 unspecified atom stereocenters. The lowest BCUT2D eigenvalue weighted by Gasteiger charge is -2.43. The van der Waals surface area contributed by atoms with Crippen molar-refractivity contribution in [1.29, 1.82) is 0 Å². The van der Waals surface area contributed by atoms with Crippen molar-refractivity contribution in [2.75, 3.05) is 18.6 Å². The number of allylic oxidation sites excluding steroid dienone is 1. The number of hydrogen-bond donors (Lipinski definition) is 0. The smallest absolute Gasteiger partial charge is 0.137 e. The van der Waals surface area contributed by atoms with E-state index in [2.05, 4.69) is 49.7 Å². The number of anilines is 1. The normalized spacial score (nSPS) is 15.7. The fourth-order valence-corrected chi connectivity index (χ4v) is 4.13. The summed E-state index contributed by atoms with van der Waals surface area (Å²) in [6.07, 6.45) is 4.08. The first kappa shape index (κ1) is 19.8. The van der Waals surface area contributed by atoms with E-state index < -0.39 is 0 Å².